The Morgan fingerprint density at radius 3 is 1.96 bits per heavy atom. The van der Waals surface area contributed by atoms with Crippen LogP contribution in [0.4, 0.5) is 11.4 Å². The van der Waals surface area contributed by atoms with Crippen LogP contribution in [0, 0.1) is 0 Å². The van der Waals surface area contributed by atoms with Crippen molar-refractivity contribution in [2.24, 2.45) is 0 Å². The van der Waals surface area contributed by atoms with E-state index in [1.54, 1.807) is 30.3 Å². The van der Waals surface area contributed by atoms with E-state index in [9.17, 15) is 9.59 Å². The number of rotatable bonds is 2. The molecular weight excluding hydrogens is 332 g/mol. The summed E-state index contributed by atoms with van der Waals surface area (Å²) in [5.41, 5.74) is 2.21. The molecule has 2 aromatic rings. The Bertz CT molecular complexity index is 823. The Morgan fingerprint density at radius 2 is 1.35 bits per heavy atom. The minimum atomic E-state index is -0.749. The van der Waals surface area contributed by atoms with Gasteiger partial charge in [0, 0.05) is 17.4 Å². The number of carbonyl (C=O) groups excluding carboxylic acids is 2. The highest BCUT2D eigenvalue weighted by Crippen LogP contribution is 2.32. The van der Waals surface area contributed by atoms with Gasteiger partial charge >= 0.3 is 11.8 Å². The van der Waals surface area contributed by atoms with Gasteiger partial charge in [0.1, 0.15) is 13.2 Å². The fourth-order valence-electron chi connectivity index (χ4n) is 2.55. The topological polar surface area (TPSA) is 76.7 Å². The monoisotopic (exact) mass is 354 g/mol. The van der Waals surface area contributed by atoms with Crippen LogP contribution in [0.5, 0.6) is 11.5 Å². The molecule has 1 aliphatic rings. The van der Waals surface area contributed by atoms with E-state index in [1.807, 2.05) is 12.1 Å². The molecule has 3 rings (SSSR count). The van der Waals surface area contributed by atoms with Crippen molar-refractivity contribution in [2.45, 2.75) is 26.2 Å². The summed E-state index contributed by atoms with van der Waals surface area (Å²) in [6.45, 7) is 7.29. The molecule has 0 unspecified atom stereocenters. The first kappa shape index (κ1) is 17.8. The lowest BCUT2D eigenvalue weighted by molar-refractivity contribution is -0.133. The lowest BCUT2D eigenvalue weighted by atomic mass is 9.87. The maximum absolute atomic E-state index is 12.1. The van der Waals surface area contributed by atoms with Crippen molar-refractivity contribution >= 4 is 23.2 Å². The fraction of sp³-hybridized carbons (Fsp3) is 0.300. The van der Waals surface area contributed by atoms with Crippen molar-refractivity contribution in [2.75, 3.05) is 23.8 Å². The maximum Gasteiger partial charge on any atom is 0.314 e. The summed E-state index contributed by atoms with van der Waals surface area (Å²) in [4.78, 5) is 24.2. The van der Waals surface area contributed by atoms with Gasteiger partial charge in [-0.15, -0.1) is 0 Å². The van der Waals surface area contributed by atoms with Crippen LogP contribution in [-0.4, -0.2) is 25.0 Å². The minimum absolute atomic E-state index is 0.0259. The summed E-state index contributed by atoms with van der Waals surface area (Å²) in [6, 6.07) is 12.5. The zero-order valence-corrected chi connectivity index (χ0v) is 15.1. The standard InChI is InChI=1S/C20H22N2O4/c1-20(2,3)13-4-6-14(7-5-13)21-18(23)19(24)22-15-8-9-16-17(12-15)26-11-10-25-16/h4-9,12H,10-11H2,1-3H3,(H,21,23)(H,22,24). The summed E-state index contributed by atoms with van der Waals surface area (Å²) < 4.78 is 10.9. The van der Waals surface area contributed by atoms with Gasteiger partial charge in [-0.1, -0.05) is 32.9 Å². The molecule has 6 nitrogen and oxygen atoms in total. The van der Waals surface area contributed by atoms with Gasteiger partial charge in [-0.3, -0.25) is 9.59 Å². The predicted molar refractivity (Wildman–Crippen MR) is 99.8 cm³/mol. The molecule has 0 aromatic heterocycles. The van der Waals surface area contributed by atoms with Crippen molar-refractivity contribution < 1.29 is 19.1 Å². The first-order valence-electron chi connectivity index (χ1n) is 8.45. The Labute approximate surface area is 152 Å². The van der Waals surface area contributed by atoms with E-state index in [4.69, 9.17) is 9.47 Å². The van der Waals surface area contributed by atoms with E-state index in [0.717, 1.165) is 5.56 Å². The number of hydrogen-bond acceptors (Lipinski definition) is 4. The lowest BCUT2D eigenvalue weighted by Crippen LogP contribution is -2.29. The second-order valence-electron chi connectivity index (χ2n) is 7.09. The molecule has 0 radical (unpaired) electrons. The molecule has 0 bridgehead atoms. The van der Waals surface area contributed by atoms with Crippen molar-refractivity contribution in [3.05, 3.63) is 48.0 Å². The summed E-state index contributed by atoms with van der Waals surface area (Å²) in [6.07, 6.45) is 0. The zero-order chi connectivity index (χ0) is 18.7. The molecule has 1 aliphatic heterocycles. The number of benzene rings is 2. The van der Waals surface area contributed by atoms with Gasteiger partial charge in [-0.25, -0.2) is 0 Å². The van der Waals surface area contributed by atoms with E-state index in [0.29, 0.717) is 36.1 Å². The molecule has 2 aromatic carbocycles. The summed E-state index contributed by atoms with van der Waals surface area (Å²) >= 11 is 0. The quantitative estimate of drug-likeness (QED) is 0.811. The van der Waals surface area contributed by atoms with E-state index in [-0.39, 0.29) is 5.41 Å². The van der Waals surface area contributed by atoms with E-state index in [1.165, 1.54) is 0 Å². The highest BCUT2D eigenvalue weighted by atomic mass is 16.6. The third-order valence-electron chi connectivity index (χ3n) is 4.02. The Morgan fingerprint density at radius 1 is 0.808 bits per heavy atom. The molecule has 0 spiro atoms. The summed E-state index contributed by atoms with van der Waals surface area (Å²) in [5, 5.41) is 5.16. The van der Waals surface area contributed by atoms with Crippen LogP contribution in [0.2, 0.25) is 0 Å². The maximum atomic E-state index is 12.1. The Hall–Kier alpha value is -3.02. The molecule has 0 saturated carbocycles. The fourth-order valence-corrected chi connectivity index (χ4v) is 2.55. The number of fused-ring (bicyclic) bond motifs is 1. The third kappa shape index (κ3) is 4.14. The Kier molecular flexibility index (Phi) is 4.84. The van der Waals surface area contributed by atoms with Crippen molar-refractivity contribution in [3.63, 3.8) is 0 Å². The molecule has 0 atom stereocenters. The molecule has 1 heterocycles. The number of nitrogens with one attached hydrogen (secondary N) is 2. The predicted octanol–water partition coefficient (Wildman–Crippen LogP) is 3.33. The first-order chi connectivity index (χ1) is 12.3. The van der Waals surface area contributed by atoms with E-state index < -0.39 is 11.8 Å². The highest BCUT2D eigenvalue weighted by molar-refractivity contribution is 6.43. The summed E-state index contributed by atoms with van der Waals surface area (Å²) in [5.74, 6) is -0.310. The van der Waals surface area contributed by atoms with Crippen LogP contribution in [-0.2, 0) is 15.0 Å². The summed E-state index contributed by atoms with van der Waals surface area (Å²) in [7, 11) is 0. The average Bonchev–Trinajstić information content (AvgIpc) is 2.61. The number of carbonyl (C=O) groups is 2. The second kappa shape index (κ2) is 7.07. The van der Waals surface area contributed by atoms with E-state index >= 15 is 0 Å². The molecule has 136 valence electrons. The zero-order valence-electron chi connectivity index (χ0n) is 15.1. The molecular formula is C20H22N2O4. The van der Waals surface area contributed by atoms with Crippen LogP contribution in [0.15, 0.2) is 42.5 Å². The van der Waals surface area contributed by atoms with Gasteiger partial charge in [0.25, 0.3) is 0 Å². The number of anilines is 2. The normalized spacial score (nSPS) is 13.0. The molecule has 0 aliphatic carbocycles. The van der Waals surface area contributed by atoms with Gasteiger partial charge in [-0.2, -0.15) is 0 Å². The lowest BCUT2D eigenvalue weighted by Gasteiger charge is -2.19. The number of ether oxygens (including phenoxy) is 2. The van der Waals surface area contributed by atoms with Crippen molar-refractivity contribution in [3.8, 4) is 11.5 Å². The number of hydrogen-bond donors (Lipinski definition) is 2. The van der Waals surface area contributed by atoms with Crippen LogP contribution in [0.25, 0.3) is 0 Å². The van der Waals surface area contributed by atoms with Crippen LogP contribution in [0.1, 0.15) is 26.3 Å². The highest BCUT2D eigenvalue weighted by Gasteiger charge is 2.18. The van der Waals surface area contributed by atoms with Crippen LogP contribution < -0.4 is 20.1 Å². The van der Waals surface area contributed by atoms with Crippen molar-refractivity contribution in [1.82, 2.24) is 0 Å². The SMILES string of the molecule is CC(C)(C)c1ccc(NC(=O)C(=O)Nc2ccc3c(c2)OCCO3)cc1. The molecule has 2 N–H and O–H groups in total. The largest absolute Gasteiger partial charge is 0.486 e. The van der Waals surface area contributed by atoms with Crippen LogP contribution in [0.3, 0.4) is 0 Å². The Balaban J connectivity index is 1.62. The van der Waals surface area contributed by atoms with Gasteiger partial charge in [0.2, 0.25) is 0 Å². The number of amides is 2. The first-order valence-corrected chi connectivity index (χ1v) is 8.45. The van der Waals surface area contributed by atoms with Gasteiger partial charge in [-0.05, 0) is 35.2 Å². The second-order valence-corrected chi connectivity index (χ2v) is 7.09. The van der Waals surface area contributed by atoms with Crippen molar-refractivity contribution in [1.29, 1.82) is 0 Å². The minimum Gasteiger partial charge on any atom is -0.486 e. The van der Waals surface area contributed by atoms with Gasteiger partial charge in [0.15, 0.2) is 11.5 Å². The third-order valence-corrected chi connectivity index (χ3v) is 4.02. The van der Waals surface area contributed by atoms with Crippen LogP contribution >= 0.6 is 0 Å². The van der Waals surface area contributed by atoms with Gasteiger partial charge < -0.3 is 20.1 Å². The van der Waals surface area contributed by atoms with E-state index in [2.05, 4.69) is 31.4 Å². The average molecular weight is 354 g/mol. The smallest absolute Gasteiger partial charge is 0.314 e. The van der Waals surface area contributed by atoms with Gasteiger partial charge in [0.05, 0.1) is 0 Å². The molecule has 26 heavy (non-hydrogen) atoms. The molecule has 2 amide bonds. The molecule has 0 saturated heterocycles. The molecule has 0 fully saturated rings. The molecule has 6 heteroatoms.